The van der Waals surface area contributed by atoms with Crippen LogP contribution < -0.4 is 4.90 Å². The highest BCUT2D eigenvalue weighted by Gasteiger charge is 2.29. The van der Waals surface area contributed by atoms with E-state index in [1.807, 2.05) is 11.3 Å². The summed E-state index contributed by atoms with van der Waals surface area (Å²) in [6.45, 7) is 0. The SMILES string of the molecule is c1ccc(N(c2cccc(C3CCc4cc5oc6ccccc6c5c(-c5cccc6ccccc56)c4-c4ccccc43)c2)c2ccc3sc4ccccc4c3c2)cc1. The van der Waals surface area contributed by atoms with Crippen molar-refractivity contribution in [2.45, 2.75) is 18.8 Å². The van der Waals surface area contributed by atoms with E-state index in [1.54, 1.807) is 0 Å². The minimum absolute atomic E-state index is 0.188. The summed E-state index contributed by atoms with van der Waals surface area (Å²) in [5.74, 6) is 0.188. The Labute approximate surface area is 340 Å². The van der Waals surface area contributed by atoms with Crippen molar-refractivity contribution in [3.05, 3.63) is 211 Å². The van der Waals surface area contributed by atoms with Gasteiger partial charge >= 0.3 is 0 Å². The minimum Gasteiger partial charge on any atom is -0.456 e. The molecule has 0 amide bonds. The minimum atomic E-state index is 0.188. The van der Waals surface area contributed by atoms with Gasteiger partial charge in [-0.1, -0.05) is 133 Å². The standard InChI is InChI=1S/C55H37NOS/c1-2-17-38(18-3-1)56(40-29-31-52-48(34-40)44-22-9-11-27-51(44)58-52)39-19-12-16-36(32-39)42-30-28-37-33-50-54(47-24-8-10-26-49(47)57-50)55(53(37)46-23-7-6-21-43(42)46)45-25-13-15-35-14-4-5-20-41(35)45/h1-27,29,31-34,42H,28,30H2. The zero-order chi connectivity index (χ0) is 38.2. The summed E-state index contributed by atoms with van der Waals surface area (Å²) in [6, 6.07) is 71.4. The van der Waals surface area contributed by atoms with Crippen molar-refractivity contribution in [3.63, 3.8) is 0 Å². The fourth-order valence-electron chi connectivity index (χ4n) is 9.75. The average Bonchev–Trinajstić information content (AvgIpc) is 3.79. The predicted octanol–water partition coefficient (Wildman–Crippen LogP) is 16.0. The number of para-hydroxylation sites is 2. The Morgan fingerprint density at radius 1 is 0.466 bits per heavy atom. The molecule has 11 aromatic rings. The molecule has 0 saturated heterocycles. The first kappa shape index (κ1) is 33.2. The molecule has 58 heavy (non-hydrogen) atoms. The number of hydrogen-bond donors (Lipinski definition) is 0. The molecule has 1 atom stereocenters. The van der Waals surface area contributed by atoms with E-state index < -0.39 is 0 Å². The second-order valence-electron chi connectivity index (χ2n) is 15.5. The van der Waals surface area contributed by atoms with Gasteiger partial charge in [0.15, 0.2) is 0 Å². The normalized spacial score (nSPS) is 13.9. The summed E-state index contributed by atoms with van der Waals surface area (Å²) < 4.78 is 9.33. The van der Waals surface area contributed by atoms with E-state index in [0.717, 1.165) is 46.5 Å². The lowest BCUT2D eigenvalue weighted by molar-refractivity contribution is 0.667. The van der Waals surface area contributed by atoms with Gasteiger partial charge in [-0.25, -0.2) is 0 Å². The van der Waals surface area contributed by atoms with E-state index in [1.165, 1.54) is 75.3 Å². The van der Waals surface area contributed by atoms with E-state index in [-0.39, 0.29) is 5.92 Å². The second-order valence-corrected chi connectivity index (χ2v) is 16.6. The molecule has 0 saturated carbocycles. The van der Waals surface area contributed by atoms with Crippen LogP contribution in [-0.2, 0) is 6.42 Å². The van der Waals surface area contributed by atoms with Crippen LogP contribution in [0.3, 0.4) is 0 Å². The zero-order valence-electron chi connectivity index (χ0n) is 31.7. The van der Waals surface area contributed by atoms with Gasteiger partial charge in [-0.15, -0.1) is 11.3 Å². The van der Waals surface area contributed by atoms with Gasteiger partial charge in [0.05, 0.1) is 0 Å². The molecule has 2 heterocycles. The van der Waals surface area contributed by atoms with Crippen molar-refractivity contribution in [1.82, 2.24) is 0 Å². The first-order valence-electron chi connectivity index (χ1n) is 20.2. The molecule has 0 radical (unpaired) electrons. The van der Waals surface area contributed by atoms with Crippen LogP contribution in [0.4, 0.5) is 17.1 Å². The highest BCUT2D eigenvalue weighted by atomic mass is 32.1. The smallest absolute Gasteiger partial charge is 0.136 e. The lowest BCUT2D eigenvalue weighted by atomic mass is 9.82. The number of furan rings is 1. The second kappa shape index (κ2) is 13.3. The fraction of sp³-hybridized carbons (Fsp3) is 0.0545. The third-order valence-corrected chi connectivity index (χ3v) is 13.4. The third-order valence-electron chi connectivity index (χ3n) is 12.3. The Hall–Kier alpha value is -6.94. The molecule has 274 valence electrons. The topological polar surface area (TPSA) is 16.4 Å². The van der Waals surface area contributed by atoms with Gasteiger partial charge in [0.25, 0.3) is 0 Å². The Morgan fingerprint density at radius 2 is 1.16 bits per heavy atom. The van der Waals surface area contributed by atoms with Crippen molar-refractivity contribution in [3.8, 4) is 22.3 Å². The monoisotopic (exact) mass is 759 g/mol. The molecule has 0 bridgehead atoms. The number of aryl methyl sites for hydroxylation is 1. The van der Waals surface area contributed by atoms with Crippen LogP contribution in [0, 0.1) is 0 Å². The van der Waals surface area contributed by atoms with Crippen LogP contribution in [0.1, 0.15) is 29.0 Å². The number of fused-ring (bicyclic) bond motifs is 10. The number of rotatable bonds is 5. The molecule has 1 aliphatic rings. The predicted molar refractivity (Wildman–Crippen MR) is 246 cm³/mol. The summed E-state index contributed by atoms with van der Waals surface area (Å²) in [5.41, 5.74) is 14.5. The maximum atomic E-state index is 6.70. The van der Waals surface area contributed by atoms with E-state index in [4.69, 9.17) is 4.42 Å². The molecule has 0 fully saturated rings. The molecule has 0 spiro atoms. The molecular formula is C55H37NOS. The number of anilines is 3. The van der Waals surface area contributed by atoms with Crippen LogP contribution in [0.5, 0.6) is 0 Å². The molecule has 2 nitrogen and oxygen atoms in total. The molecule has 9 aromatic carbocycles. The van der Waals surface area contributed by atoms with Gasteiger partial charge in [0.2, 0.25) is 0 Å². The molecule has 0 aliphatic heterocycles. The highest BCUT2D eigenvalue weighted by molar-refractivity contribution is 7.25. The Balaban J connectivity index is 1.05. The van der Waals surface area contributed by atoms with Gasteiger partial charge in [-0.05, 0) is 118 Å². The number of thiophene rings is 1. The van der Waals surface area contributed by atoms with Gasteiger partial charge < -0.3 is 9.32 Å². The van der Waals surface area contributed by atoms with Crippen LogP contribution in [0.15, 0.2) is 199 Å². The maximum absolute atomic E-state index is 6.70. The van der Waals surface area contributed by atoms with E-state index in [2.05, 4.69) is 199 Å². The third kappa shape index (κ3) is 5.24. The number of nitrogens with zero attached hydrogens (tertiary/aromatic N) is 1. The Morgan fingerprint density at radius 3 is 2.09 bits per heavy atom. The van der Waals surface area contributed by atoms with E-state index in [0.29, 0.717) is 0 Å². The van der Waals surface area contributed by atoms with E-state index >= 15 is 0 Å². The van der Waals surface area contributed by atoms with Crippen LogP contribution in [-0.4, -0.2) is 0 Å². The molecule has 1 unspecified atom stereocenters. The molecule has 12 rings (SSSR count). The number of hydrogen-bond acceptors (Lipinski definition) is 3. The van der Waals surface area contributed by atoms with Crippen molar-refractivity contribution >= 4 is 81.3 Å². The van der Waals surface area contributed by atoms with Crippen molar-refractivity contribution < 1.29 is 4.42 Å². The van der Waals surface area contributed by atoms with Gasteiger partial charge in [-0.2, -0.15) is 0 Å². The van der Waals surface area contributed by atoms with Crippen LogP contribution >= 0.6 is 11.3 Å². The van der Waals surface area contributed by atoms with Crippen molar-refractivity contribution in [2.75, 3.05) is 4.90 Å². The van der Waals surface area contributed by atoms with Crippen molar-refractivity contribution in [2.24, 2.45) is 0 Å². The van der Waals surface area contributed by atoms with Crippen molar-refractivity contribution in [1.29, 1.82) is 0 Å². The highest BCUT2D eigenvalue weighted by Crippen LogP contribution is 2.51. The Bertz CT molecular complexity index is 3370. The number of benzene rings is 9. The average molecular weight is 760 g/mol. The zero-order valence-corrected chi connectivity index (χ0v) is 32.5. The molecule has 3 heteroatoms. The molecule has 0 N–H and O–H groups in total. The lowest BCUT2D eigenvalue weighted by Crippen LogP contribution is -2.11. The lowest BCUT2D eigenvalue weighted by Gasteiger charge is -2.27. The van der Waals surface area contributed by atoms with Gasteiger partial charge in [0, 0.05) is 59.5 Å². The van der Waals surface area contributed by atoms with Gasteiger partial charge in [-0.3, -0.25) is 0 Å². The molecule has 1 aliphatic carbocycles. The first-order chi connectivity index (χ1) is 28.8. The Kier molecular flexibility index (Phi) is 7.64. The molecular weight excluding hydrogens is 723 g/mol. The molecule has 2 aromatic heterocycles. The maximum Gasteiger partial charge on any atom is 0.136 e. The first-order valence-corrected chi connectivity index (χ1v) is 21.0. The summed E-state index contributed by atoms with van der Waals surface area (Å²) >= 11 is 1.86. The largest absolute Gasteiger partial charge is 0.456 e. The summed E-state index contributed by atoms with van der Waals surface area (Å²) in [7, 11) is 0. The summed E-state index contributed by atoms with van der Waals surface area (Å²) in [5, 5.41) is 7.45. The quantitative estimate of drug-likeness (QED) is 0.174. The summed E-state index contributed by atoms with van der Waals surface area (Å²) in [6.07, 6.45) is 1.90. The summed E-state index contributed by atoms with van der Waals surface area (Å²) in [4.78, 5) is 2.42. The van der Waals surface area contributed by atoms with Gasteiger partial charge in [0.1, 0.15) is 11.2 Å². The van der Waals surface area contributed by atoms with Crippen LogP contribution in [0.2, 0.25) is 0 Å². The fourth-order valence-corrected chi connectivity index (χ4v) is 10.8. The van der Waals surface area contributed by atoms with Crippen LogP contribution in [0.25, 0.3) is 75.1 Å². The van der Waals surface area contributed by atoms with E-state index in [9.17, 15) is 0 Å².